The molecule has 0 saturated heterocycles. The Labute approximate surface area is 172 Å². The Morgan fingerprint density at radius 1 is 1.31 bits per heavy atom. The van der Waals surface area contributed by atoms with Crippen molar-refractivity contribution in [1.82, 2.24) is 0 Å². The van der Waals surface area contributed by atoms with Crippen LogP contribution in [0.5, 0.6) is 0 Å². The van der Waals surface area contributed by atoms with Gasteiger partial charge in [0.05, 0.1) is 35.3 Å². The fourth-order valence-electron chi connectivity index (χ4n) is 2.92. The number of nitriles is 1. The van der Waals surface area contributed by atoms with E-state index in [1.807, 2.05) is 6.07 Å². The lowest BCUT2D eigenvalue weighted by Gasteiger charge is -2.13. The Morgan fingerprint density at radius 2 is 2.03 bits per heavy atom. The largest absolute Gasteiger partial charge is 0.462 e. The molecule has 7 nitrogen and oxygen atoms in total. The molecule has 29 heavy (non-hydrogen) atoms. The zero-order chi connectivity index (χ0) is 21.0. The van der Waals surface area contributed by atoms with Crippen molar-refractivity contribution in [3.05, 3.63) is 57.5 Å². The summed E-state index contributed by atoms with van der Waals surface area (Å²) < 4.78 is 29.0. The van der Waals surface area contributed by atoms with Crippen LogP contribution < -0.4 is 5.32 Å². The second kappa shape index (κ2) is 8.59. The number of nitrogens with one attached hydrogen (secondary N) is 1. The topological polar surface area (TPSA) is 113 Å². The molecule has 1 aromatic heterocycles. The van der Waals surface area contributed by atoms with Crippen LogP contribution in [0.15, 0.2) is 30.3 Å². The van der Waals surface area contributed by atoms with Crippen molar-refractivity contribution >= 4 is 44.1 Å². The van der Waals surface area contributed by atoms with Crippen LogP contribution in [-0.4, -0.2) is 32.7 Å². The van der Waals surface area contributed by atoms with E-state index >= 15 is 0 Å². The number of sulfone groups is 1. The number of amides is 1. The van der Waals surface area contributed by atoms with E-state index in [-0.39, 0.29) is 30.1 Å². The predicted molar refractivity (Wildman–Crippen MR) is 110 cm³/mol. The Morgan fingerprint density at radius 3 is 2.69 bits per heavy atom. The molecule has 0 fully saturated rings. The van der Waals surface area contributed by atoms with Crippen molar-refractivity contribution in [2.75, 3.05) is 17.7 Å². The van der Waals surface area contributed by atoms with Gasteiger partial charge in [-0.05, 0) is 42.7 Å². The summed E-state index contributed by atoms with van der Waals surface area (Å²) in [6.07, 6.45) is 3.11. The molecule has 0 saturated carbocycles. The van der Waals surface area contributed by atoms with Gasteiger partial charge < -0.3 is 10.1 Å². The summed E-state index contributed by atoms with van der Waals surface area (Å²) in [6, 6.07) is 8.72. The van der Waals surface area contributed by atoms with Crippen molar-refractivity contribution in [1.29, 1.82) is 5.26 Å². The molecule has 0 radical (unpaired) electrons. The lowest BCUT2D eigenvalue weighted by molar-refractivity contribution is -0.111. The predicted octanol–water partition coefficient (Wildman–Crippen LogP) is 2.92. The van der Waals surface area contributed by atoms with Gasteiger partial charge in [0, 0.05) is 11.0 Å². The summed E-state index contributed by atoms with van der Waals surface area (Å²) >= 11 is 1.09. The van der Waals surface area contributed by atoms with Crippen LogP contribution >= 0.6 is 11.3 Å². The summed E-state index contributed by atoms with van der Waals surface area (Å²) in [7, 11) is -3.21. The molecule has 1 N–H and O–H groups in total. The zero-order valence-electron chi connectivity index (χ0n) is 15.6. The molecule has 2 aromatic rings. The molecule has 0 atom stereocenters. The number of ether oxygens (including phenoxy) is 1. The monoisotopic (exact) mass is 430 g/mol. The first-order valence-corrected chi connectivity index (χ1v) is 11.5. The Bertz CT molecular complexity index is 1120. The van der Waals surface area contributed by atoms with Crippen molar-refractivity contribution < 1.29 is 22.7 Å². The van der Waals surface area contributed by atoms with Crippen molar-refractivity contribution in [2.24, 2.45) is 0 Å². The fourth-order valence-corrected chi connectivity index (χ4v) is 5.97. The molecule has 2 heterocycles. The lowest BCUT2D eigenvalue weighted by Crippen LogP contribution is -2.20. The van der Waals surface area contributed by atoms with E-state index < -0.39 is 21.7 Å². The smallest absolute Gasteiger partial charge is 0.341 e. The highest BCUT2D eigenvalue weighted by atomic mass is 32.2. The number of thiophene rings is 1. The molecular weight excluding hydrogens is 412 g/mol. The molecule has 1 aliphatic heterocycles. The number of hydrogen-bond donors (Lipinski definition) is 1. The summed E-state index contributed by atoms with van der Waals surface area (Å²) in [4.78, 5) is 25.3. The SMILES string of the molecule is CCOC(=O)c1c(NC(=O)/C=C/c2ccc(C#N)cc2)sc2c1CCS(=O)(=O)C2. The Kier molecular flexibility index (Phi) is 6.15. The fraction of sp³-hybridized carbons (Fsp3) is 0.250. The molecule has 0 aliphatic carbocycles. The summed E-state index contributed by atoms with van der Waals surface area (Å²) in [6.45, 7) is 1.85. The minimum absolute atomic E-state index is 0.0326. The minimum atomic E-state index is -3.21. The standard InChI is InChI=1S/C20H18N2O5S2/c1-2-27-20(24)18-15-9-10-29(25,26)12-16(15)28-19(18)22-17(23)8-7-13-3-5-14(11-21)6-4-13/h3-8H,2,9-10,12H2,1H3,(H,22,23)/b8-7+. The third-order valence-electron chi connectivity index (χ3n) is 4.29. The highest BCUT2D eigenvalue weighted by Gasteiger charge is 2.31. The molecule has 1 aromatic carbocycles. The van der Waals surface area contributed by atoms with Crippen LogP contribution in [0.3, 0.4) is 0 Å². The molecule has 1 aliphatic rings. The molecule has 9 heteroatoms. The van der Waals surface area contributed by atoms with Gasteiger partial charge in [0.15, 0.2) is 9.84 Å². The minimum Gasteiger partial charge on any atom is -0.462 e. The van der Waals surface area contributed by atoms with Gasteiger partial charge >= 0.3 is 5.97 Å². The molecule has 150 valence electrons. The zero-order valence-corrected chi connectivity index (χ0v) is 17.2. The van der Waals surface area contributed by atoms with E-state index in [1.165, 1.54) is 6.08 Å². The first-order chi connectivity index (χ1) is 13.8. The number of carbonyl (C=O) groups is 2. The highest BCUT2D eigenvalue weighted by Crippen LogP contribution is 2.38. The Balaban J connectivity index is 1.84. The number of benzene rings is 1. The number of rotatable bonds is 5. The molecule has 1 amide bonds. The van der Waals surface area contributed by atoms with Gasteiger partial charge in [0.2, 0.25) is 5.91 Å². The van der Waals surface area contributed by atoms with Gasteiger partial charge in [0.1, 0.15) is 5.00 Å². The molecule has 3 rings (SSSR count). The number of anilines is 1. The van der Waals surface area contributed by atoms with Gasteiger partial charge in [-0.15, -0.1) is 11.3 Å². The highest BCUT2D eigenvalue weighted by molar-refractivity contribution is 7.90. The molecule has 0 bridgehead atoms. The number of esters is 1. The molecular formula is C20H18N2O5S2. The van der Waals surface area contributed by atoms with E-state index in [0.29, 0.717) is 21.0 Å². The first-order valence-electron chi connectivity index (χ1n) is 8.84. The van der Waals surface area contributed by atoms with Crippen LogP contribution in [0.4, 0.5) is 5.00 Å². The molecule has 0 unspecified atom stereocenters. The average molecular weight is 431 g/mol. The Hall–Kier alpha value is -2.96. The van der Waals surface area contributed by atoms with Crippen LogP contribution in [0.2, 0.25) is 0 Å². The van der Waals surface area contributed by atoms with E-state index in [9.17, 15) is 18.0 Å². The maximum absolute atomic E-state index is 12.4. The van der Waals surface area contributed by atoms with Crippen molar-refractivity contribution in [3.8, 4) is 6.07 Å². The average Bonchev–Trinajstić information content (AvgIpc) is 3.02. The maximum Gasteiger partial charge on any atom is 0.341 e. The van der Waals surface area contributed by atoms with E-state index in [0.717, 1.165) is 16.9 Å². The third-order valence-corrected chi connectivity index (χ3v) is 7.17. The van der Waals surface area contributed by atoms with Crippen LogP contribution in [-0.2, 0) is 31.5 Å². The second-order valence-corrected chi connectivity index (χ2v) is 9.62. The normalized spacial score (nSPS) is 14.8. The number of fused-ring (bicyclic) bond motifs is 1. The molecule has 0 spiro atoms. The summed E-state index contributed by atoms with van der Waals surface area (Å²) in [5.74, 6) is -1.21. The van der Waals surface area contributed by atoms with E-state index in [2.05, 4.69) is 5.32 Å². The van der Waals surface area contributed by atoms with Gasteiger partial charge in [-0.2, -0.15) is 5.26 Å². The number of carbonyl (C=O) groups excluding carboxylic acids is 2. The summed E-state index contributed by atoms with van der Waals surface area (Å²) in [5.41, 5.74) is 2.13. The number of hydrogen-bond acceptors (Lipinski definition) is 7. The van der Waals surface area contributed by atoms with Gasteiger partial charge in [0.25, 0.3) is 0 Å². The van der Waals surface area contributed by atoms with Crippen molar-refractivity contribution in [3.63, 3.8) is 0 Å². The van der Waals surface area contributed by atoms with Crippen LogP contribution in [0.1, 0.15) is 38.8 Å². The third kappa shape index (κ3) is 4.91. The van der Waals surface area contributed by atoms with E-state index in [1.54, 1.807) is 37.3 Å². The maximum atomic E-state index is 12.4. The summed E-state index contributed by atoms with van der Waals surface area (Å²) in [5, 5.41) is 11.8. The van der Waals surface area contributed by atoms with Gasteiger partial charge in [-0.1, -0.05) is 12.1 Å². The first kappa shape index (κ1) is 20.8. The van der Waals surface area contributed by atoms with Crippen LogP contribution in [0, 0.1) is 11.3 Å². The quantitative estimate of drug-likeness (QED) is 0.576. The van der Waals surface area contributed by atoms with Gasteiger partial charge in [-0.25, -0.2) is 13.2 Å². The van der Waals surface area contributed by atoms with Crippen LogP contribution in [0.25, 0.3) is 6.08 Å². The second-order valence-electron chi connectivity index (χ2n) is 6.33. The van der Waals surface area contributed by atoms with Crippen molar-refractivity contribution in [2.45, 2.75) is 19.1 Å². The lowest BCUT2D eigenvalue weighted by atomic mass is 10.1. The van der Waals surface area contributed by atoms with E-state index in [4.69, 9.17) is 10.00 Å². The van der Waals surface area contributed by atoms with Gasteiger partial charge in [-0.3, -0.25) is 4.79 Å². The number of nitrogens with zero attached hydrogens (tertiary/aromatic N) is 1.